The van der Waals surface area contributed by atoms with E-state index in [1.165, 1.54) is 11.8 Å². The fourth-order valence-electron chi connectivity index (χ4n) is 3.17. The van der Waals surface area contributed by atoms with Gasteiger partial charge in [-0.05, 0) is 80.6 Å². The van der Waals surface area contributed by atoms with Crippen LogP contribution >= 0.6 is 11.8 Å². The number of benzene rings is 2. The van der Waals surface area contributed by atoms with Crippen molar-refractivity contribution in [1.82, 2.24) is 5.32 Å². The van der Waals surface area contributed by atoms with E-state index in [4.69, 9.17) is 15.9 Å². The second-order valence-corrected chi connectivity index (χ2v) is 8.57. The molecule has 4 nitrogen and oxygen atoms in total. The largest absolute Gasteiger partial charge is 0.501 e. The van der Waals surface area contributed by atoms with Crippen LogP contribution in [0.5, 0.6) is 5.75 Å². The number of amides is 1. The zero-order valence-corrected chi connectivity index (χ0v) is 19.8. The molecule has 2 aromatic carbocycles. The highest BCUT2D eigenvalue weighted by molar-refractivity contribution is 7.99. The van der Waals surface area contributed by atoms with E-state index >= 15 is 0 Å². The standard InChI is InChI=1S/C26H29NO3S/c1-9-19-11-12-23-17(3)13-22(16-20(23)15-19)30-25(31-8)24(28)27-26(5,6)21(10-2)14-18(4)29-7/h1,11-16,25H,2H2,3-8H3,(H,27,28)/b18-14-. The van der Waals surface area contributed by atoms with Crippen molar-refractivity contribution in [3.63, 3.8) is 0 Å². The van der Waals surface area contributed by atoms with E-state index in [0.29, 0.717) is 17.1 Å². The van der Waals surface area contributed by atoms with Gasteiger partial charge in [0.2, 0.25) is 5.44 Å². The lowest BCUT2D eigenvalue weighted by atomic mass is 9.94. The Morgan fingerprint density at radius 1 is 1.32 bits per heavy atom. The number of hydrogen-bond acceptors (Lipinski definition) is 4. The zero-order chi connectivity index (χ0) is 23.2. The minimum Gasteiger partial charge on any atom is -0.501 e. The van der Waals surface area contributed by atoms with Crippen LogP contribution in [0.15, 0.2) is 60.1 Å². The third-order valence-corrected chi connectivity index (χ3v) is 5.68. The van der Waals surface area contributed by atoms with Crippen LogP contribution < -0.4 is 10.1 Å². The number of hydrogen-bond donors (Lipinski definition) is 1. The summed E-state index contributed by atoms with van der Waals surface area (Å²) in [6.45, 7) is 11.4. The minimum atomic E-state index is -0.731. The van der Waals surface area contributed by atoms with Gasteiger partial charge in [0.15, 0.2) is 0 Å². The van der Waals surface area contributed by atoms with Crippen molar-refractivity contribution in [1.29, 1.82) is 0 Å². The number of fused-ring (bicyclic) bond motifs is 1. The Morgan fingerprint density at radius 2 is 2.03 bits per heavy atom. The average molecular weight is 436 g/mol. The molecule has 1 amide bonds. The number of terminal acetylenes is 1. The Labute approximate surface area is 189 Å². The van der Waals surface area contributed by atoms with E-state index in [1.807, 2.05) is 64.3 Å². The Balaban J connectivity index is 2.27. The fourth-order valence-corrected chi connectivity index (χ4v) is 3.65. The molecule has 0 saturated carbocycles. The van der Waals surface area contributed by atoms with Crippen molar-refractivity contribution >= 4 is 28.4 Å². The van der Waals surface area contributed by atoms with Gasteiger partial charge in [0, 0.05) is 11.1 Å². The summed E-state index contributed by atoms with van der Waals surface area (Å²) in [5, 5.41) is 5.10. The van der Waals surface area contributed by atoms with Crippen LogP contribution in [-0.4, -0.2) is 30.2 Å². The SMILES string of the molecule is C#Cc1ccc2c(C)cc(OC(SC)C(=O)NC(C)(C)C(=C=C)/C=C(/C)OC)cc2c1. The maximum Gasteiger partial charge on any atom is 0.272 e. The van der Waals surface area contributed by atoms with Crippen LogP contribution in [0.1, 0.15) is 31.9 Å². The number of allylic oxidation sites excluding steroid dienone is 1. The summed E-state index contributed by atoms with van der Waals surface area (Å²) in [4.78, 5) is 13.0. The lowest BCUT2D eigenvalue weighted by molar-refractivity contribution is -0.125. The molecule has 0 aliphatic carbocycles. The summed E-state index contributed by atoms with van der Waals surface area (Å²) in [7, 11) is 1.59. The molecular weight excluding hydrogens is 406 g/mol. The molecule has 0 fully saturated rings. The van der Waals surface area contributed by atoms with Gasteiger partial charge in [-0.1, -0.05) is 18.6 Å². The second kappa shape index (κ2) is 10.3. The van der Waals surface area contributed by atoms with Crippen LogP contribution in [0.4, 0.5) is 0 Å². The summed E-state index contributed by atoms with van der Waals surface area (Å²) >= 11 is 1.32. The molecule has 1 N–H and O–H groups in total. The Bertz CT molecular complexity index is 1100. The van der Waals surface area contributed by atoms with Crippen LogP contribution in [0, 0.1) is 19.3 Å². The maximum absolute atomic E-state index is 13.0. The molecule has 5 heteroatoms. The van der Waals surface area contributed by atoms with Gasteiger partial charge in [-0.25, -0.2) is 0 Å². The first-order chi connectivity index (χ1) is 14.6. The number of methoxy groups -OCH3 is 1. The maximum atomic E-state index is 13.0. The van der Waals surface area contributed by atoms with Crippen molar-refractivity contribution in [2.75, 3.05) is 13.4 Å². The molecule has 0 aliphatic heterocycles. The monoisotopic (exact) mass is 435 g/mol. The Kier molecular flexibility index (Phi) is 8.05. The molecule has 1 atom stereocenters. The number of nitrogens with one attached hydrogen (secondary N) is 1. The number of thioether (sulfide) groups is 1. The first kappa shape index (κ1) is 24.2. The molecular formula is C26H29NO3S. The van der Waals surface area contributed by atoms with Gasteiger partial charge in [-0.15, -0.1) is 23.9 Å². The molecule has 31 heavy (non-hydrogen) atoms. The van der Waals surface area contributed by atoms with Crippen molar-refractivity contribution in [3.05, 3.63) is 71.2 Å². The normalized spacial score (nSPS) is 12.5. The number of ether oxygens (including phenoxy) is 2. The molecule has 0 aromatic heterocycles. The second-order valence-electron chi connectivity index (χ2n) is 7.67. The van der Waals surface area contributed by atoms with E-state index in [2.05, 4.69) is 23.5 Å². The number of carbonyl (C=O) groups excluding carboxylic acids is 1. The van der Waals surface area contributed by atoms with E-state index in [-0.39, 0.29) is 5.91 Å². The van der Waals surface area contributed by atoms with Crippen molar-refractivity contribution < 1.29 is 14.3 Å². The Hall–Kier alpha value is -3.06. The number of carbonyl (C=O) groups is 1. The summed E-state index contributed by atoms with van der Waals surface area (Å²) in [5.41, 5.74) is 4.01. The van der Waals surface area contributed by atoms with Crippen LogP contribution in [0.2, 0.25) is 0 Å². The summed E-state index contributed by atoms with van der Waals surface area (Å²) in [6, 6.07) is 9.70. The highest BCUT2D eigenvalue weighted by atomic mass is 32.2. The van der Waals surface area contributed by atoms with Crippen LogP contribution in [0.25, 0.3) is 10.8 Å². The van der Waals surface area contributed by atoms with Gasteiger partial charge in [0.05, 0.1) is 18.4 Å². The molecule has 0 radical (unpaired) electrons. The molecule has 0 spiro atoms. The summed E-state index contributed by atoms with van der Waals surface area (Å²) in [6.07, 6.45) is 9.17. The van der Waals surface area contributed by atoms with Gasteiger partial charge in [-0.2, -0.15) is 0 Å². The van der Waals surface area contributed by atoms with Crippen LogP contribution in [-0.2, 0) is 9.53 Å². The molecule has 2 aromatic rings. The highest BCUT2D eigenvalue weighted by Gasteiger charge is 2.29. The van der Waals surface area contributed by atoms with Crippen LogP contribution in [0.3, 0.4) is 0 Å². The minimum absolute atomic E-state index is 0.246. The van der Waals surface area contributed by atoms with Gasteiger partial charge in [0.1, 0.15) is 5.75 Å². The molecule has 1 unspecified atom stereocenters. The average Bonchev–Trinajstić information content (AvgIpc) is 2.74. The fraction of sp³-hybridized carbons (Fsp3) is 0.308. The quantitative estimate of drug-likeness (QED) is 0.200. The van der Waals surface area contributed by atoms with Gasteiger partial charge < -0.3 is 14.8 Å². The molecule has 2 rings (SSSR count). The number of rotatable bonds is 8. The van der Waals surface area contributed by atoms with Gasteiger partial charge in [-0.3, -0.25) is 4.79 Å². The number of aryl methyl sites for hydroxylation is 1. The molecule has 0 aliphatic rings. The van der Waals surface area contributed by atoms with E-state index < -0.39 is 11.0 Å². The third kappa shape index (κ3) is 5.98. The lowest BCUT2D eigenvalue weighted by Gasteiger charge is -2.29. The van der Waals surface area contributed by atoms with Gasteiger partial charge in [0.25, 0.3) is 5.91 Å². The summed E-state index contributed by atoms with van der Waals surface area (Å²) in [5.74, 6) is 3.72. The molecule has 0 saturated heterocycles. The predicted octanol–water partition coefficient (Wildman–Crippen LogP) is 5.35. The van der Waals surface area contributed by atoms with E-state index in [0.717, 1.165) is 21.9 Å². The van der Waals surface area contributed by atoms with Gasteiger partial charge >= 0.3 is 0 Å². The van der Waals surface area contributed by atoms with E-state index in [1.54, 1.807) is 13.2 Å². The van der Waals surface area contributed by atoms with Crippen molar-refractivity contribution in [3.8, 4) is 18.1 Å². The van der Waals surface area contributed by atoms with Crippen molar-refractivity contribution in [2.24, 2.45) is 0 Å². The third-order valence-electron chi connectivity index (χ3n) is 4.94. The predicted molar refractivity (Wildman–Crippen MR) is 130 cm³/mol. The molecule has 0 heterocycles. The highest BCUT2D eigenvalue weighted by Crippen LogP contribution is 2.28. The smallest absolute Gasteiger partial charge is 0.272 e. The molecule has 0 bridgehead atoms. The topological polar surface area (TPSA) is 47.6 Å². The Morgan fingerprint density at radius 3 is 2.61 bits per heavy atom. The first-order valence-electron chi connectivity index (χ1n) is 9.80. The first-order valence-corrected chi connectivity index (χ1v) is 11.1. The zero-order valence-electron chi connectivity index (χ0n) is 19.0. The summed E-state index contributed by atoms with van der Waals surface area (Å²) < 4.78 is 11.3. The van der Waals surface area contributed by atoms with Crippen molar-refractivity contribution in [2.45, 2.75) is 38.7 Å². The van der Waals surface area contributed by atoms with E-state index in [9.17, 15) is 4.79 Å². The lowest BCUT2D eigenvalue weighted by Crippen LogP contribution is -2.49. The molecule has 162 valence electrons.